The lowest BCUT2D eigenvalue weighted by Crippen LogP contribution is -2.01. The number of nitrogens with one attached hydrogen (secondary N) is 2. The lowest BCUT2D eigenvalue weighted by Gasteiger charge is -1.96. The quantitative estimate of drug-likeness (QED) is 0.857. The fourth-order valence-corrected chi connectivity index (χ4v) is 1.67. The van der Waals surface area contributed by atoms with E-state index in [4.69, 9.17) is 4.42 Å². The number of aryl methyl sites for hydroxylation is 1. The molecular weight excluding hydrogens is 286 g/mol. The van der Waals surface area contributed by atoms with Crippen molar-refractivity contribution in [1.29, 1.82) is 0 Å². The van der Waals surface area contributed by atoms with Crippen LogP contribution in [-0.2, 0) is 13.0 Å². The molecule has 2 aromatic rings. The summed E-state index contributed by atoms with van der Waals surface area (Å²) in [5.74, 6) is 1.49. The van der Waals surface area contributed by atoms with E-state index >= 15 is 0 Å². The van der Waals surface area contributed by atoms with E-state index in [9.17, 15) is 0 Å². The molecule has 2 aromatic heterocycles. The molecule has 92 valence electrons. The Bertz CT molecular complexity index is 467. The number of hydrogen-bond donors (Lipinski definition) is 2. The number of rotatable bonds is 6. The van der Waals surface area contributed by atoms with Crippen molar-refractivity contribution in [2.24, 2.45) is 0 Å². The highest BCUT2D eigenvalue weighted by Gasteiger charge is 2.05. The van der Waals surface area contributed by atoms with Gasteiger partial charge in [-0.25, -0.2) is 4.98 Å². The maximum Gasteiger partial charge on any atom is 0.315 e. The Hall–Kier alpha value is -1.37. The number of H-pyrrole nitrogens is 1. The van der Waals surface area contributed by atoms with E-state index in [0.29, 0.717) is 18.5 Å². The van der Waals surface area contributed by atoms with Crippen molar-refractivity contribution < 1.29 is 4.42 Å². The number of aromatic amines is 1. The molecule has 0 aliphatic heterocycles. The van der Waals surface area contributed by atoms with Crippen molar-refractivity contribution >= 4 is 21.9 Å². The summed E-state index contributed by atoms with van der Waals surface area (Å²) in [5.41, 5.74) is 0. The summed E-state index contributed by atoms with van der Waals surface area (Å²) in [7, 11) is 0. The van der Waals surface area contributed by atoms with Gasteiger partial charge in [0.05, 0.1) is 12.7 Å². The van der Waals surface area contributed by atoms with E-state index in [1.165, 1.54) is 0 Å². The van der Waals surface area contributed by atoms with Gasteiger partial charge < -0.3 is 14.7 Å². The van der Waals surface area contributed by atoms with E-state index in [1.54, 1.807) is 6.20 Å². The van der Waals surface area contributed by atoms with Crippen molar-refractivity contribution in [3.8, 4) is 0 Å². The van der Waals surface area contributed by atoms with Crippen molar-refractivity contribution in [3.63, 3.8) is 0 Å². The Kier molecular flexibility index (Phi) is 4.13. The molecule has 0 aliphatic rings. The minimum atomic E-state index is 0.434. The highest BCUT2D eigenvalue weighted by atomic mass is 79.9. The monoisotopic (exact) mass is 299 g/mol. The summed E-state index contributed by atoms with van der Waals surface area (Å²) in [6, 6.07) is 0.434. The first kappa shape index (κ1) is 12.1. The van der Waals surface area contributed by atoms with Gasteiger partial charge in [-0.05, 0) is 22.4 Å². The number of nitrogens with zero attached hydrogens (tertiary/aromatic N) is 3. The second-order valence-electron chi connectivity index (χ2n) is 3.64. The van der Waals surface area contributed by atoms with E-state index in [0.717, 1.165) is 29.7 Å². The normalized spacial score (nSPS) is 10.7. The van der Waals surface area contributed by atoms with Crippen LogP contribution in [0.3, 0.4) is 0 Å². The Morgan fingerprint density at radius 2 is 2.35 bits per heavy atom. The molecule has 0 radical (unpaired) electrons. The summed E-state index contributed by atoms with van der Waals surface area (Å²) in [5, 5.41) is 10.9. The molecule has 7 heteroatoms. The standard InChI is InChI=1S/C10H14BrN5O/c1-2-3-4-9-15-16-10(17-9)13-6-8-12-5-7(11)14-8/h5H,2-4,6H2,1H3,(H,12,14)(H,13,16). The predicted octanol–water partition coefficient (Wildman–Crippen LogP) is 2.51. The highest BCUT2D eigenvalue weighted by molar-refractivity contribution is 9.10. The first-order chi connectivity index (χ1) is 8.28. The minimum Gasteiger partial charge on any atom is -0.408 e. The van der Waals surface area contributed by atoms with Crippen LogP contribution in [0, 0.1) is 0 Å². The third kappa shape index (κ3) is 3.55. The molecule has 0 spiro atoms. The maximum absolute atomic E-state index is 5.43. The minimum absolute atomic E-state index is 0.434. The summed E-state index contributed by atoms with van der Waals surface area (Å²) < 4.78 is 6.28. The van der Waals surface area contributed by atoms with Gasteiger partial charge in [-0.2, -0.15) is 0 Å². The first-order valence-corrected chi connectivity index (χ1v) is 6.33. The van der Waals surface area contributed by atoms with Crippen molar-refractivity contribution in [2.75, 3.05) is 5.32 Å². The molecule has 6 nitrogen and oxygen atoms in total. The molecule has 0 amide bonds. The van der Waals surface area contributed by atoms with Gasteiger partial charge in [-0.15, -0.1) is 5.10 Å². The molecule has 0 saturated heterocycles. The summed E-state index contributed by atoms with van der Waals surface area (Å²) in [6.45, 7) is 2.66. The summed E-state index contributed by atoms with van der Waals surface area (Å²) >= 11 is 3.29. The van der Waals surface area contributed by atoms with E-state index in [2.05, 4.69) is 48.3 Å². The Morgan fingerprint density at radius 3 is 3.06 bits per heavy atom. The fraction of sp³-hybridized carbons (Fsp3) is 0.500. The van der Waals surface area contributed by atoms with Crippen molar-refractivity contribution in [2.45, 2.75) is 32.7 Å². The molecule has 17 heavy (non-hydrogen) atoms. The molecule has 0 bridgehead atoms. The molecule has 0 aromatic carbocycles. The molecule has 0 unspecified atom stereocenters. The predicted molar refractivity (Wildman–Crippen MR) is 66.5 cm³/mol. The molecule has 0 aliphatic carbocycles. The fourth-order valence-electron chi connectivity index (χ4n) is 1.34. The van der Waals surface area contributed by atoms with Crippen LogP contribution in [0.25, 0.3) is 0 Å². The third-order valence-corrected chi connectivity index (χ3v) is 2.62. The summed E-state index contributed by atoms with van der Waals surface area (Å²) in [6.07, 6.45) is 4.72. The lowest BCUT2D eigenvalue weighted by atomic mass is 10.2. The number of imidazole rings is 1. The van der Waals surface area contributed by atoms with Gasteiger partial charge in [0.2, 0.25) is 5.89 Å². The molecule has 0 saturated carbocycles. The Balaban J connectivity index is 1.84. The molecule has 0 atom stereocenters. The number of hydrogen-bond acceptors (Lipinski definition) is 5. The van der Waals surface area contributed by atoms with Crippen molar-refractivity contribution in [1.82, 2.24) is 20.2 Å². The molecule has 0 fully saturated rings. The number of halogens is 1. The van der Waals surface area contributed by atoms with Crippen LogP contribution in [0.1, 0.15) is 31.5 Å². The molecule has 2 rings (SSSR count). The van der Waals surface area contributed by atoms with Crippen molar-refractivity contribution in [3.05, 3.63) is 22.5 Å². The van der Waals surface area contributed by atoms with Crippen LogP contribution < -0.4 is 5.32 Å². The van der Waals surface area contributed by atoms with Crippen LogP contribution >= 0.6 is 15.9 Å². The van der Waals surface area contributed by atoms with Gasteiger partial charge in [-0.3, -0.25) is 0 Å². The summed E-state index contributed by atoms with van der Waals surface area (Å²) in [4.78, 5) is 7.17. The van der Waals surface area contributed by atoms with Gasteiger partial charge in [0.1, 0.15) is 10.4 Å². The highest BCUT2D eigenvalue weighted by Crippen LogP contribution is 2.10. The Morgan fingerprint density at radius 1 is 1.47 bits per heavy atom. The van der Waals surface area contributed by atoms with Gasteiger partial charge in [0.25, 0.3) is 0 Å². The van der Waals surface area contributed by atoms with E-state index < -0.39 is 0 Å². The van der Waals surface area contributed by atoms with Crippen LogP contribution in [-0.4, -0.2) is 20.2 Å². The third-order valence-electron chi connectivity index (χ3n) is 2.22. The topological polar surface area (TPSA) is 79.6 Å². The van der Waals surface area contributed by atoms with Gasteiger partial charge in [0.15, 0.2) is 0 Å². The molecular formula is C10H14BrN5O. The number of unbranched alkanes of at least 4 members (excludes halogenated alkanes) is 1. The average molecular weight is 300 g/mol. The maximum atomic E-state index is 5.43. The SMILES string of the molecule is CCCCc1nnc(NCc2ncc(Br)[nH]2)o1. The lowest BCUT2D eigenvalue weighted by molar-refractivity contribution is 0.494. The zero-order chi connectivity index (χ0) is 12.1. The number of anilines is 1. The van der Waals surface area contributed by atoms with Crippen LogP contribution in [0.5, 0.6) is 0 Å². The number of aromatic nitrogens is 4. The van der Waals surface area contributed by atoms with E-state index in [1.807, 2.05) is 0 Å². The smallest absolute Gasteiger partial charge is 0.315 e. The largest absolute Gasteiger partial charge is 0.408 e. The Labute approximate surface area is 107 Å². The van der Waals surface area contributed by atoms with Gasteiger partial charge in [-0.1, -0.05) is 18.4 Å². The van der Waals surface area contributed by atoms with E-state index in [-0.39, 0.29) is 0 Å². The van der Waals surface area contributed by atoms with Crippen LogP contribution in [0.15, 0.2) is 15.2 Å². The molecule has 2 N–H and O–H groups in total. The second-order valence-corrected chi connectivity index (χ2v) is 4.49. The van der Waals surface area contributed by atoms with Crippen LogP contribution in [0.2, 0.25) is 0 Å². The zero-order valence-electron chi connectivity index (χ0n) is 9.53. The zero-order valence-corrected chi connectivity index (χ0v) is 11.1. The average Bonchev–Trinajstić information content (AvgIpc) is 2.93. The van der Waals surface area contributed by atoms with Crippen LogP contribution in [0.4, 0.5) is 6.01 Å². The first-order valence-electron chi connectivity index (χ1n) is 5.53. The van der Waals surface area contributed by atoms with Gasteiger partial charge in [0, 0.05) is 6.42 Å². The molecule has 2 heterocycles. The van der Waals surface area contributed by atoms with Gasteiger partial charge >= 0.3 is 6.01 Å². The second kappa shape index (κ2) is 5.81.